The lowest BCUT2D eigenvalue weighted by Gasteiger charge is -2.21. The van der Waals surface area contributed by atoms with Gasteiger partial charge >= 0.3 is 39.5 Å². The lowest BCUT2D eigenvalue weighted by Crippen LogP contribution is -2.30. The number of phosphoric acid groups is 2. The van der Waals surface area contributed by atoms with Crippen molar-refractivity contribution in [2.75, 3.05) is 39.6 Å². The fraction of sp³-hybridized carbons (Fsp3) is 0.955. The summed E-state index contributed by atoms with van der Waals surface area (Å²) in [4.78, 5) is 73.3. The van der Waals surface area contributed by atoms with Crippen LogP contribution in [-0.4, -0.2) is 96.7 Å². The Morgan fingerprint density at radius 2 is 0.472 bits per heavy atom. The smallest absolute Gasteiger partial charge is 0.462 e. The van der Waals surface area contributed by atoms with E-state index in [9.17, 15) is 43.2 Å². The highest BCUT2D eigenvalue weighted by molar-refractivity contribution is 7.47. The topological polar surface area (TPSA) is 237 Å². The van der Waals surface area contributed by atoms with E-state index in [1.165, 1.54) is 283 Å². The summed E-state index contributed by atoms with van der Waals surface area (Å²) in [6.45, 7) is 12.1. The molecule has 0 rings (SSSR count). The molecule has 0 amide bonds. The van der Waals surface area contributed by atoms with Crippen LogP contribution in [-0.2, 0) is 65.4 Å². The number of hydrogen-bond donors (Lipinski definition) is 3. The summed E-state index contributed by atoms with van der Waals surface area (Å²) in [6, 6.07) is 0. The van der Waals surface area contributed by atoms with Crippen LogP contribution in [0.15, 0.2) is 0 Å². The molecule has 0 aliphatic carbocycles. The van der Waals surface area contributed by atoms with Gasteiger partial charge in [-0.25, -0.2) is 9.13 Å². The predicted molar refractivity (Wildman–Crippen MR) is 446 cm³/mol. The molecular weight excluding hydrogens is 1400 g/mol. The number of aliphatic hydroxyl groups excluding tert-OH is 1. The fourth-order valence-corrected chi connectivity index (χ4v) is 15.4. The number of carbonyl (C=O) groups excluding carboxylic acids is 4. The molecule has 0 aromatic rings. The zero-order chi connectivity index (χ0) is 79.3. The van der Waals surface area contributed by atoms with E-state index < -0.39 is 97.5 Å². The van der Waals surface area contributed by atoms with E-state index in [-0.39, 0.29) is 25.7 Å². The van der Waals surface area contributed by atoms with Crippen LogP contribution in [0.2, 0.25) is 0 Å². The van der Waals surface area contributed by atoms with Crippen molar-refractivity contribution in [3.8, 4) is 0 Å². The normalized spacial score (nSPS) is 14.3. The highest BCUT2D eigenvalue weighted by atomic mass is 31.2. The molecule has 642 valence electrons. The maximum absolute atomic E-state index is 13.2. The van der Waals surface area contributed by atoms with Gasteiger partial charge in [0.25, 0.3) is 0 Å². The van der Waals surface area contributed by atoms with E-state index in [2.05, 4.69) is 48.5 Å². The predicted octanol–water partition coefficient (Wildman–Crippen LogP) is 27.3. The average molecular weight is 1580 g/mol. The maximum Gasteiger partial charge on any atom is 0.472 e. The van der Waals surface area contributed by atoms with Gasteiger partial charge in [0, 0.05) is 25.7 Å². The molecule has 0 fully saturated rings. The van der Waals surface area contributed by atoms with Gasteiger partial charge in [-0.15, -0.1) is 0 Å². The monoisotopic (exact) mass is 1580 g/mol. The van der Waals surface area contributed by atoms with E-state index in [1.54, 1.807) is 0 Å². The number of unbranched alkanes of at least 4 members (excludes halogenated alkanes) is 53. The third-order valence-corrected chi connectivity index (χ3v) is 23.5. The van der Waals surface area contributed by atoms with Gasteiger partial charge in [-0.2, -0.15) is 0 Å². The number of rotatable bonds is 87. The molecule has 3 N–H and O–H groups in total. The molecule has 0 aromatic carbocycles. The fourth-order valence-electron chi connectivity index (χ4n) is 13.8. The van der Waals surface area contributed by atoms with Crippen LogP contribution in [0.5, 0.6) is 0 Å². The Labute approximate surface area is 664 Å². The lowest BCUT2D eigenvalue weighted by atomic mass is 9.99. The van der Waals surface area contributed by atoms with Crippen LogP contribution >= 0.6 is 15.6 Å². The number of phosphoric ester groups is 2. The summed E-state index contributed by atoms with van der Waals surface area (Å²) in [7, 11) is -9.93. The minimum atomic E-state index is -4.97. The molecule has 0 aliphatic rings. The average Bonchev–Trinajstić information content (AvgIpc) is 0.908. The molecule has 0 bridgehead atoms. The summed E-state index contributed by atoms with van der Waals surface area (Å²) < 4.78 is 68.9. The van der Waals surface area contributed by atoms with E-state index in [0.29, 0.717) is 25.7 Å². The molecule has 0 heterocycles. The van der Waals surface area contributed by atoms with E-state index >= 15 is 0 Å². The quantitative estimate of drug-likeness (QED) is 0.0222. The van der Waals surface area contributed by atoms with Crippen molar-refractivity contribution in [1.82, 2.24) is 0 Å². The molecular formula is C89H174O17P2. The summed E-state index contributed by atoms with van der Waals surface area (Å²) in [6.07, 6.45) is 70.8. The number of aliphatic hydroxyl groups is 1. The first-order valence-corrected chi connectivity index (χ1v) is 48.9. The molecule has 4 unspecified atom stereocenters. The number of carbonyl (C=O) groups is 4. The van der Waals surface area contributed by atoms with E-state index in [4.69, 9.17) is 37.0 Å². The molecule has 0 aliphatic heterocycles. The summed E-state index contributed by atoms with van der Waals surface area (Å²) in [5, 5.41) is 10.7. The number of esters is 4. The third-order valence-electron chi connectivity index (χ3n) is 21.6. The molecule has 0 aromatic heterocycles. The van der Waals surface area contributed by atoms with E-state index in [1.807, 2.05) is 0 Å². The molecule has 0 saturated heterocycles. The van der Waals surface area contributed by atoms with Crippen molar-refractivity contribution in [1.29, 1.82) is 0 Å². The Balaban J connectivity index is 5.21. The molecule has 19 heteroatoms. The number of hydrogen-bond acceptors (Lipinski definition) is 15. The molecule has 108 heavy (non-hydrogen) atoms. The number of ether oxygens (including phenoxy) is 4. The van der Waals surface area contributed by atoms with Crippen LogP contribution in [0, 0.1) is 17.8 Å². The minimum absolute atomic E-state index is 0.106. The van der Waals surface area contributed by atoms with Crippen molar-refractivity contribution < 1.29 is 80.2 Å². The second-order valence-corrected chi connectivity index (χ2v) is 35.9. The maximum atomic E-state index is 13.2. The highest BCUT2D eigenvalue weighted by Gasteiger charge is 2.31. The molecule has 0 radical (unpaired) electrons. The second-order valence-electron chi connectivity index (χ2n) is 32.9. The van der Waals surface area contributed by atoms with Crippen LogP contribution in [0.4, 0.5) is 0 Å². The Hall–Kier alpha value is -1.94. The molecule has 0 saturated carbocycles. The Bertz CT molecular complexity index is 2080. The Morgan fingerprint density at radius 3 is 0.704 bits per heavy atom. The zero-order valence-corrected chi connectivity index (χ0v) is 73.1. The lowest BCUT2D eigenvalue weighted by molar-refractivity contribution is -0.161. The Morgan fingerprint density at radius 1 is 0.269 bits per heavy atom. The molecule has 17 nitrogen and oxygen atoms in total. The van der Waals surface area contributed by atoms with Crippen LogP contribution in [0.25, 0.3) is 0 Å². The van der Waals surface area contributed by atoms with Gasteiger partial charge in [0.05, 0.1) is 26.4 Å². The van der Waals surface area contributed by atoms with Crippen LogP contribution < -0.4 is 0 Å². The standard InChI is InChI=1S/C89H174O17P2/c1-8-11-12-13-14-15-16-35-42-49-56-63-70-86(91)99-77-85(106-89(94)73-66-59-52-45-38-39-46-53-60-67-80(4)5)79-104-108(97,98)102-75-83(90)74-101-107(95,96)103-78-84(105-88(93)72-65-58-51-44-37-32-28-24-20-18-22-26-30-34-41-48-55-62-69-82(7)10-3)76-100-87(92)71-64-57-50-43-36-31-27-23-19-17-21-25-29-33-40-47-54-61-68-81(6)9-2/h80-85,90H,8-79H2,1-7H3,(H,95,96)(H,97,98)/t81?,82?,83-,84-,85-/m1/s1. The summed E-state index contributed by atoms with van der Waals surface area (Å²) in [5.41, 5.74) is 0. The van der Waals surface area contributed by atoms with Gasteiger partial charge in [-0.1, -0.05) is 421 Å². The van der Waals surface area contributed by atoms with Crippen molar-refractivity contribution in [3.05, 3.63) is 0 Å². The van der Waals surface area contributed by atoms with Crippen LogP contribution in [0.3, 0.4) is 0 Å². The summed E-state index contributed by atoms with van der Waals surface area (Å²) in [5.74, 6) is 0.380. The second kappa shape index (κ2) is 78.9. The van der Waals surface area contributed by atoms with Crippen molar-refractivity contribution in [3.63, 3.8) is 0 Å². The van der Waals surface area contributed by atoms with Crippen molar-refractivity contribution in [2.45, 2.75) is 491 Å². The minimum Gasteiger partial charge on any atom is -0.462 e. The first-order valence-electron chi connectivity index (χ1n) is 45.9. The van der Waals surface area contributed by atoms with Gasteiger partial charge in [-0.05, 0) is 43.4 Å². The first kappa shape index (κ1) is 106. The Kier molecular flexibility index (Phi) is 77.5. The van der Waals surface area contributed by atoms with Gasteiger partial charge < -0.3 is 33.8 Å². The van der Waals surface area contributed by atoms with Gasteiger partial charge in [0.15, 0.2) is 12.2 Å². The van der Waals surface area contributed by atoms with E-state index in [0.717, 1.165) is 108 Å². The zero-order valence-electron chi connectivity index (χ0n) is 71.3. The van der Waals surface area contributed by atoms with Crippen LogP contribution in [0.1, 0.15) is 472 Å². The van der Waals surface area contributed by atoms with Gasteiger partial charge in [-0.3, -0.25) is 37.3 Å². The van der Waals surface area contributed by atoms with Gasteiger partial charge in [0.2, 0.25) is 0 Å². The highest BCUT2D eigenvalue weighted by Crippen LogP contribution is 2.45. The van der Waals surface area contributed by atoms with Gasteiger partial charge in [0.1, 0.15) is 19.3 Å². The van der Waals surface area contributed by atoms with Crippen molar-refractivity contribution >= 4 is 39.5 Å². The largest absolute Gasteiger partial charge is 0.472 e. The SMILES string of the molecule is CCCCCCCCCCCCCCC(=O)OC[C@H](COP(=O)(O)OC[C@H](O)COP(=O)(O)OC[C@@H](COC(=O)CCCCCCCCCCCCCCCCCCCCC(C)CC)OC(=O)CCCCCCCCCCCCCCCCCCCCC(C)CC)OC(=O)CCCCCCCCCCCC(C)C. The molecule has 7 atom stereocenters. The summed E-state index contributed by atoms with van der Waals surface area (Å²) >= 11 is 0. The third kappa shape index (κ3) is 79.3. The molecule has 0 spiro atoms. The first-order chi connectivity index (χ1) is 52.3. The van der Waals surface area contributed by atoms with Crippen molar-refractivity contribution in [2.24, 2.45) is 17.8 Å².